The highest BCUT2D eigenvalue weighted by Crippen LogP contribution is 2.25. The summed E-state index contributed by atoms with van der Waals surface area (Å²) in [4.78, 5) is 8.11. The van der Waals surface area contributed by atoms with Crippen LogP contribution in [0.3, 0.4) is 0 Å². The molecule has 1 N–H and O–H groups in total. The fourth-order valence-corrected chi connectivity index (χ4v) is 2.03. The number of imidazole rings is 1. The molecule has 3 aromatic rings. The highest BCUT2D eigenvalue weighted by molar-refractivity contribution is 5.89. The van der Waals surface area contributed by atoms with E-state index in [1.54, 1.807) is 30.5 Å². The van der Waals surface area contributed by atoms with Gasteiger partial charge >= 0.3 is 0 Å². The van der Waals surface area contributed by atoms with Crippen LogP contribution in [0.4, 0.5) is 0 Å². The Morgan fingerprint density at radius 3 is 2.70 bits per heavy atom. The lowest BCUT2D eigenvalue weighted by Crippen LogP contribution is -2.00. The van der Waals surface area contributed by atoms with Gasteiger partial charge < -0.3 is 5.11 Å². The average molecular weight is 261 g/mol. The number of phenols is 1. The molecule has 2 aromatic heterocycles. The van der Waals surface area contributed by atoms with Crippen molar-refractivity contribution < 1.29 is 5.11 Å². The van der Waals surface area contributed by atoms with Crippen molar-refractivity contribution in [3.63, 3.8) is 0 Å². The number of rotatable bonds is 1. The van der Waals surface area contributed by atoms with Crippen LogP contribution >= 0.6 is 0 Å². The van der Waals surface area contributed by atoms with E-state index in [4.69, 9.17) is 10.5 Å². The van der Waals surface area contributed by atoms with E-state index in [1.165, 1.54) is 10.9 Å². The third-order valence-electron chi connectivity index (χ3n) is 2.94. The van der Waals surface area contributed by atoms with E-state index in [0.29, 0.717) is 11.2 Å². The van der Waals surface area contributed by atoms with Gasteiger partial charge in [-0.1, -0.05) is 6.07 Å². The third kappa shape index (κ3) is 1.64. The second-order valence-electron chi connectivity index (χ2n) is 4.08. The molecule has 0 aliphatic carbocycles. The van der Waals surface area contributed by atoms with Gasteiger partial charge in [-0.15, -0.1) is 0 Å². The summed E-state index contributed by atoms with van der Waals surface area (Å²) < 4.78 is 1.44. The number of aromatic hydroxyl groups is 1. The first-order chi connectivity index (χ1) is 9.74. The molecule has 3 rings (SSSR count). The van der Waals surface area contributed by atoms with Crippen LogP contribution in [0.1, 0.15) is 11.4 Å². The number of pyridine rings is 1. The van der Waals surface area contributed by atoms with E-state index < -0.39 is 0 Å². The van der Waals surface area contributed by atoms with Crippen LogP contribution in [0.15, 0.2) is 36.8 Å². The van der Waals surface area contributed by atoms with Crippen molar-refractivity contribution in [2.75, 3.05) is 0 Å². The lowest BCUT2D eigenvalue weighted by molar-refractivity contribution is 0.476. The molecule has 0 atom stereocenters. The first-order valence-corrected chi connectivity index (χ1v) is 5.70. The summed E-state index contributed by atoms with van der Waals surface area (Å²) in [6.07, 6.45) is 2.98. The van der Waals surface area contributed by atoms with Gasteiger partial charge in [-0.25, -0.2) is 9.97 Å². The van der Waals surface area contributed by atoms with Crippen molar-refractivity contribution in [3.05, 3.63) is 48.2 Å². The molecule has 0 saturated heterocycles. The number of benzene rings is 1. The second kappa shape index (κ2) is 4.38. The van der Waals surface area contributed by atoms with Crippen molar-refractivity contribution >= 4 is 10.8 Å². The molecule has 0 fully saturated rings. The van der Waals surface area contributed by atoms with Gasteiger partial charge in [0.05, 0.1) is 0 Å². The Balaban J connectivity index is 2.36. The zero-order valence-corrected chi connectivity index (χ0v) is 10.1. The lowest BCUT2D eigenvalue weighted by Gasteiger charge is -2.07. The highest BCUT2D eigenvalue weighted by atomic mass is 16.3. The molecule has 20 heavy (non-hydrogen) atoms. The Morgan fingerprint density at radius 1 is 1.10 bits per heavy atom. The Labute approximate surface area is 113 Å². The van der Waals surface area contributed by atoms with E-state index in [-0.39, 0.29) is 17.1 Å². The molecular weight excluding hydrogens is 254 g/mol. The Kier molecular flexibility index (Phi) is 2.56. The molecule has 0 spiro atoms. The summed E-state index contributed by atoms with van der Waals surface area (Å²) in [6, 6.07) is 10.5. The maximum absolute atomic E-state index is 9.61. The first kappa shape index (κ1) is 11.7. The van der Waals surface area contributed by atoms with Crippen LogP contribution in [0.5, 0.6) is 5.75 Å². The van der Waals surface area contributed by atoms with Crippen molar-refractivity contribution in [1.29, 1.82) is 10.5 Å². The summed E-state index contributed by atoms with van der Waals surface area (Å²) in [5.41, 5.74) is 0.169. The number of nitrogens with zero attached hydrogens (tertiary/aromatic N) is 5. The van der Waals surface area contributed by atoms with Gasteiger partial charge in [-0.3, -0.25) is 4.57 Å². The van der Waals surface area contributed by atoms with Gasteiger partial charge in [0.15, 0.2) is 11.4 Å². The molecule has 0 aliphatic heterocycles. The normalized spacial score (nSPS) is 10.1. The van der Waals surface area contributed by atoms with Crippen LogP contribution in [-0.4, -0.2) is 19.6 Å². The van der Waals surface area contributed by atoms with Gasteiger partial charge in [0.1, 0.15) is 30.0 Å². The minimum Gasteiger partial charge on any atom is -0.508 e. The molecule has 94 valence electrons. The van der Waals surface area contributed by atoms with E-state index in [2.05, 4.69) is 9.97 Å². The largest absolute Gasteiger partial charge is 0.508 e. The summed E-state index contributed by atoms with van der Waals surface area (Å²) in [6.45, 7) is 0. The van der Waals surface area contributed by atoms with E-state index in [9.17, 15) is 5.11 Å². The highest BCUT2D eigenvalue weighted by Gasteiger charge is 2.14. The van der Waals surface area contributed by atoms with Gasteiger partial charge in [0.2, 0.25) is 0 Å². The predicted octanol–water partition coefficient (Wildman–Crippen LogP) is 1.87. The van der Waals surface area contributed by atoms with E-state index in [1.807, 2.05) is 12.1 Å². The number of hydrogen-bond donors (Lipinski definition) is 1. The molecule has 0 unspecified atom stereocenters. The van der Waals surface area contributed by atoms with Crippen LogP contribution in [0.25, 0.3) is 16.6 Å². The minimum atomic E-state index is 0.0476. The number of aromatic nitrogens is 3. The minimum absolute atomic E-state index is 0.0476. The molecule has 0 bridgehead atoms. The topological polar surface area (TPSA) is 98.5 Å². The molecular formula is C14H7N5O. The van der Waals surface area contributed by atoms with Gasteiger partial charge in [-0.05, 0) is 23.6 Å². The zero-order chi connectivity index (χ0) is 14.1. The van der Waals surface area contributed by atoms with Crippen LogP contribution in [0.2, 0.25) is 0 Å². The third-order valence-corrected chi connectivity index (χ3v) is 2.94. The predicted molar refractivity (Wildman–Crippen MR) is 70.0 cm³/mol. The fourth-order valence-electron chi connectivity index (χ4n) is 2.03. The van der Waals surface area contributed by atoms with Crippen LogP contribution in [0, 0.1) is 22.7 Å². The lowest BCUT2D eigenvalue weighted by atomic mass is 10.1. The molecule has 1 aromatic carbocycles. The van der Waals surface area contributed by atoms with Crippen LogP contribution < -0.4 is 0 Å². The number of hydrogen-bond acceptors (Lipinski definition) is 5. The van der Waals surface area contributed by atoms with E-state index >= 15 is 0 Å². The van der Waals surface area contributed by atoms with E-state index in [0.717, 1.165) is 5.39 Å². The molecule has 2 heterocycles. The Morgan fingerprint density at radius 2 is 1.95 bits per heavy atom. The monoisotopic (exact) mass is 261 g/mol. The van der Waals surface area contributed by atoms with Gasteiger partial charge in [-0.2, -0.15) is 10.5 Å². The SMILES string of the molecule is N#Cc1ncn(-c2nccc3ccc(O)cc23)c1C#N. The zero-order valence-electron chi connectivity index (χ0n) is 10.1. The number of fused-ring (bicyclic) bond motifs is 1. The molecule has 0 radical (unpaired) electrons. The fraction of sp³-hybridized carbons (Fsp3) is 0. The average Bonchev–Trinajstić information content (AvgIpc) is 2.89. The number of nitriles is 2. The van der Waals surface area contributed by atoms with Crippen molar-refractivity contribution in [1.82, 2.24) is 14.5 Å². The molecule has 6 heteroatoms. The molecule has 0 saturated carbocycles. The quantitative estimate of drug-likeness (QED) is 0.720. The smallest absolute Gasteiger partial charge is 0.177 e. The van der Waals surface area contributed by atoms with Crippen molar-refractivity contribution in [2.45, 2.75) is 0 Å². The molecule has 6 nitrogen and oxygen atoms in total. The Bertz CT molecular complexity index is 898. The van der Waals surface area contributed by atoms with Gasteiger partial charge in [0.25, 0.3) is 0 Å². The summed E-state index contributed by atoms with van der Waals surface area (Å²) in [5.74, 6) is 0.551. The maximum atomic E-state index is 9.61. The van der Waals surface area contributed by atoms with Crippen molar-refractivity contribution in [3.8, 4) is 23.7 Å². The van der Waals surface area contributed by atoms with Crippen molar-refractivity contribution in [2.24, 2.45) is 0 Å². The Hall–Kier alpha value is -3.38. The summed E-state index contributed by atoms with van der Waals surface area (Å²) >= 11 is 0. The maximum Gasteiger partial charge on any atom is 0.177 e. The first-order valence-electron chi connectivity index (χ1n) is 5.70. The standard InChI is InChI=1S/C14H7N5O/c15-6-12-13(7-16)19(8-18-12)14-11-5-10(20)2-1-9(11)3-4-17-14/h1-5,8,20H. The summed E-state index contributed by atoms with van der Waals surface area (Å²) in [5, 5.41) is 29.2. The number of phenolic OH excluding ortho intramolecular Hbond substituents is 1. The summed E-state index contributed by atoms with van der Waals surface area (Å²) in [7, 11) is 0. The molecule has 0 amide bonds. The van der Waals surface area contributed by atoms with Crippen LogP contribution in [-0.2, 0) is 0 Å². The second-order valence-corrected chi connectivity index (χ2v) is 4.08. The van der Waals surface area contributed by atoms with Gasteiger partial charge in [0, 0.05) is 11.6 Å². The molecule has 0 aliphatic rings.